The molecular formula is C6H13N3O3S. The summed E-state index contributed by atoms with van der Waals surface area (Å²) >= 11 is 0. The summed E-state index contributed by atoms with van der Waals surface area (Å²) in [6.45, 7) is 1.68. The molecule has 0 aliphatic rings. The molecule has 0 rings (SSSR count). The molecular weight excluding hydrogens is 194 g/mol. The molecule has 0 aromatic rings. The van der Waals surface area contributed by atoms with Crippen molar-refractivity contribution in [1.29, 1.82) is 0 Å². The SMILES string of the molecule is CC(N)CS(=O)CC(=O)NC(N)=O. The molecule has 0 spiro atoms. The van der Waals surface area contributed by atoms with Gasteiger partial charge >= 0.3 is 6.03 Å². The molecule has 2 atom stereocenters. The molecule has 0 aromatic carbocycles. The zero-order valence-electron chi connectivity index (χ0n) is 7.28. The van der Waals surface area contributed by atoms with Crippen molar-refractivity contribution in [3.63, 3.8) is 0 Å². The maximum atomic E-state index is 11.1. The van der Waals surface area contributed by atoms with E-state index in [0.717, 1.165) is 0 Å². The van der Waals surface area contributed by atoms with Crippen LogP contribution in [0.25, 0.3) is 0 Å². The van der Waals surface area contributed by atoms with Crippen molar-refractivity contribution in [3.8, 4) is 0 Å². The van der Waals surface area contributed by atoms with E-state index < -0.39 is 22.7 Å². The van der Waals surface area contributed by atoms with Gasteiger partial charge in [0.2, 0.25) is 5.91 Å². The summed E-state index contributed by atoms with van der Waals surface area (Å²) in [5.74, 6) is -0.664. The maximum Gasteiger partial charge on any atom is 0.318 e. The Balaban J connectivity index is 3.79. The van der Waals surface area contributed by atoms with Crippen LogP contribution in [0.15, 0.2) is 0 Å². The molecule has 0 saturated carbocycles. The molecule has 0 aliphatic carbocycles. The van der Waals surface area contributed by atoms with E-state index in [9.17, 15) is 13.8 Å². The first-order chi connectivity index (χ1) is 5.91. The van der Waals surface area contributed by atoms with Crippen LogP contribution >= 0.6 is 0 Å². The highest BCUT2D eigenvalue weighted by molar-refractivity contribution is 7.85. The number of nitrogens with two attached hydrogens (primary N) is 2. The smallest absolute Gasteiger partial charge is 0.318 e. The number of imide groups is 1. The number of hydrogen-bond donors (Lipinski definition) is 3. The van der Waals surface area contributed by atoms with Gasteiger partial charge in [0.25, 0.3) is 0 Å². The maximum absolute atomic E-state index is 11.1. The lowest BCUT2D eigenvalue weighted by atomic mass is 10.4. The van der Waals surface area contributed by atoms with Crippen molar-refractivity contribution in [2.75, 3.05) is 11.5 Å². The van der Waals surface area contributed by atoms with Crippen LogP contribution in [0.3, 0.4) is 0 Å². The van der Waals surface area contributed by atoms with Crippen molar-refractivity contribution in [2.45, 2.75) is 13.0 Å². The third-order valence-corrected chi connectivity index (χ3v) is 2.49. The minimum absolute atomic E-state index is 0.228. The highest BCUT2D eigenvalue weighted by Gasteiger charge is 2.10. The first-order valence-electron chi connectivity index (χ1n) is 3.61. The van der Waals surface area contributed by atoms with Gasteiger partial charge in [0.15, 0.2) is 0 Å². The summed E-state index contributed by atoms with van der Waals surface area (Å²) in [5, 5.41) is 1.81. The predicted molar refractivity (Wildman–Crippen MR) is 49.3 cm³/mol. The van der Waals surface area contributed by atoms with Gasteiger partial charge in [0, 0.05) is 22.6 Å². The van der Waals surface area contributed by atoms with Crippen LogP contribution in [-0.4, -0.2) is 33.7 Å². The van der Waals surface area contributed by atoms with Crippen LogP contribution in [0.1, 0.15) is 6.92 Å². The van der Waals surface area contributed by atoms with E-state index in [4.69, 9.17) is 5.73 Å². The molecule has 13 heavy (non-hydrogen) atoms. The molecule has 0 aromatic heterocycles. The average Bonchev–Trinajstić information content (AvgIpc) is 1.80. The lowest BCUT2D eigenvalue weighted by Gasteiger charge is -2.04. The Kier molecular flexibility index (Phi) is 5.24. The summed E-state index contributed by atoms with van der Waals surface area (Å²) < 4.78 is 11.1. The van der Waals surface area contributed by atoms with Crippen molar-refractivity contribution in [2.24, 2.45) is 11.5 Å². The predicted octanol–water partition coefficient (Wildman–Crippen LogP) is -1.72. The Labute approximate surface area is 78.5 Å². The molecule has 0 heterocycles. The fourth-order valence-corrected chi connectivity index (χ4v) is 1.74. The fraction of sp³-hybridized carbons (Fsp3) is 0.667. The second-order valence-electron chi connectivity index (χ2n) is 2.64. The van der Waals surface area contributed by atoms with Crippen LogP contribution in [0, 0.1) is 0 Å². The topological polar surface area (TPSA) is 115 Å². The summed E-state index contributed by atoms with van der Waals surface area (Å²) in [6, 6.07) is -1.18. The minimum atomic E-state index is -1.34. The summed E-state index contributed by atoms with van der Waals surface area (Å²) in [6.07, 6.45) is 0. The van der Waals surface area contributed by atoms with Gasteiger partial charge in [0.1, 0.15) is 5.75 Å². The number of urea groups is 1. The van der Waals surface area contributed by atoms with Gasteiger partial charge in [-0.3, -0.25) is 14.3 Å². The van der Waals surface area contributed by atoms with Crippen LogP contribution < -0.4 is 16.8 Å². The van der Waals surface area contributed by atoms with Gasteiger partial charge in [-0.05, 0) is 6.92 Å². The van der Waals surface area contributed by atoms with Crippen LogP contribution in [0.4, 0.5) is 4.79 Å². The fourth-order valence-electron chi connectivity index (χ4n) is 0.672. The Bertz CT molecular complexity index is 229. The second-order valence-corrected chi connectivity index (χ2v) is 4.14. The molecule has 5 N–H and O–H groups in total. The van der Waals surface area contributed by atoms with Gasteiger partial charge in [-0.1, -0.05) is 0 Å². The van der Waals surface area contributed by atoms with Gasteiger partial charge in [-0.15, -0.1) is 0 Å². The Hall–Kier alpha value is -0.950. The molecule has 0 aliphatic heterocycles. The molecule has 7 heteroatoms. The largest absolute Gasteiger partial charge is 0.351 e. The summed E-state index contributed by atoms with van der Waals surface area (Å²) in [7, 11) is -1.34. The monoisotopic (exact) mass is 207 g/mol. The van der Waals surface area contributed by atoms with E-state index in [1.54, 1.807) is 6.92 Å². The van der Waals surface area contributed by atoms with Gasteiger partial charge in [-0.2, -0.15) is 0 Å². The lowest BCUT2D eigenvalue weighted by Crippen LogP contribution is -2.38. The van der Waals surface area contributed by atoms with E-state index in [2.05, 4.69) is 5.73 Å². The molecule has 3 amide bonds. The highest BCUT2D eigenvalue weighted by atomic mass is 32.2. The average molecular weight is 207 g/mol. The molecule has 0 radical (unpaired) electrons. The first kappa shape index (κ1) is 12.0. The number of amides is 3. The number of hydrogen-bond acceptors (Lipinski definition) is 4. The van der Waals surface area contributed by atoms with Crippen molar-refractivity contribution in [1.82, 2.24) is 5.32 Å². The van der Waals surface area contributed by atoms with Crippen LogP contribution in [-0.2, 0) is 15.6 Å². The number of rotatable bonds is 4. The number of primary amides is 1. The van der Waals surface area contributed by atoms with Crippen LogP contribution in [0.2, 0.25) is 0 Å². The molecule has 0 bridgehead atoms. The zero-order valence-corrected chi connectivity index (χ0v) is 8.10. The standard InChI is InChI=1S/C6H13N3O3S/c1-4(7)2-13(12)3-5(10)9-6(8)11/h4H,2-3,7H2,1H3,(H3,8,9,10,11). The molecule has 2 unspecified atom stereocenters. The van der Waals surface area contributed by atoms with Gasteiger partial charge < -0.3 is 11.5 Å². The highest BCUT2D eigenvalue weighted by Crippen LogP contribution is 1.86. The van der Waals surface area contributed by atoms with E-state index >= 15 is 0 Å². The van der Waals surface area contributed by atoms with Crippen molar-refractivity contribution >= 4 is 22.7 Å². The normalized spacial score (nSPS) is 14.6. The summed E-state index contributed by atoms with van der Waals surface area (Å²) in [4.78, 5) is 21.0. The Morgan fingerprint density at radius 1 is 1.54 bits per heavy atom. The van der Waals surface area contributed by atoms with E-state index in [1.807, 2.05) is 5.32 Å². The van der Waals surface area contributed by atoms with E-state index in [0.29, 0.717) is 0 Å². The van der Waals surface area contributed by atoms with Crippen molar-refractivity contribution < 1.29 is 13.8 Å². The number of carbonyl (C=O) groups excluding carboxylic acids is 2. The molecule has 76 valence electrons. The number of carbonyl (C=O) groups is 2. The van der Waals surface area contributed by atoms with E-state index in [1.165, 1.54) is 0 Å². The van der Waals surface area contributed by atoms with Crippen LogP contribution in [0.5, 0.6) is 0 Å². The quantitative estimate of drug-likeness (QED) is 0.508. The summed E-state index contributed by atoms with van der Waals surface area (Å²) in [5.41, 5.74) is 10.0. The number of nitrogens with one attached hydrogen (secondary N) is 1. The van der Waals surface area contributed by atoms with Gasteiger partial charge in [-0.25, -0.2) is 4.79 Å². The van der Waals surface area contributed by atoms with E-state index in [-0.39, 0.29) is 17.5 Å². The minimum Gasteiger partial charge on any atom is -0.351 e. The first-order valence-corrected chi connectivity index (χ1v) is 5.10. The third-order valence-electron chi connectivity index (χ3n) is 1.00. The Morgan fingerprint density at radius 2 is 2.08 bits per heavy atom. The second kappa shape index (κ2) is 5.65. The molecule has 0 fully saturated rings. The van der Waals surface area contributed by atoms with Gasteiger partial charge in [0.05, 0.1) is 0 Å². The zero-order chi connectivity index (χ0) is 10.4. The van der Waals surface area contributed by atoms with Crippen molar-refractivity contribution in [3.05, 3.63) is 0 Å². The molecule has 0 saturated heterocycles. The Morgan fingerprint density at radius 3 is 2.46 bits per heavy atom. The third kappa shape index (κ3) is 7.41. The lowest BCUT2D eigenvalue weighted by molar-refractivity contribution is -0.117. The molecule has 6 nitrogen and oxygen atoms in total.